The van der Waals surface area contributed by atoms with Gasteiger partial charge in [0, 0.05) is 17.3 Å². The van der Waals surface area contributed by atoms with Crippen LogP contribution in [0.2, 0.25) is 6.55 Å². The lowest BCUT2D eigenvalue weighted by atomic mass is 9.89. The van der Waals surface area contributed by atoms with Crippen LogP contribution in [-0.4, -0.2) is 38.5 Å². The number of halogens is 2. The number of hydrogen-bond donors (Lipinski definition) is 2. The summed E-state index contributed by atoms with van der Waals surface area (Å²) in [6, 6.07) is 4.40. The number of nitrogens with one attached hydrogen (secondary N) is 2. The van der Waals surface area contributed by atoms with Crippen LogP contribution in [0, 0.1) is 22.1 Å². The molecule has 2 N–H and O–H groups in total. The van der Waals surface area contributed by atoms with Gasteiger partial charge in [-0.15, -0.1) is 0 Å². The molecule has 0 bridgehead atoms. The van der Waals surface area contributed by atoms with Crippen LogP contribution >= 0.6 is 0 Å². The molecule has 1 fully saturated rings. The molecule has 1 saturated heterocycles. The van der Waals surface area contributed by atoms with Gasteiger partial charge in [0.05, 0.1) is 18.1 Å². The fourth-order valence-electron chi connectivity index (χ4n) is 3.46. The van der Waals surface area contributed by atoms with Crippen molar-refractivity contribution in [2.75, 3.05) is 17.3 Å². The molecule has 1 aliphatic rings. The SMILES string of the molecule is COc1c(N2C(=O)C(C)(C)CC2C(=O)Nc2ccnc([Si](C)=N)c2)ccc(F)c1F. The third-order valence-electron chi connectivity index (χ3n) is 5.02. The number of benzene rings is 1. The highest BCUT2D eigenvalue weighted by Crippen LogP contribution is 2.43. The summed E-state index contributed by atoms with van der Waals surface area (Å²) in [4.78, 5) is 31.4. The van der Waals surface area contributed by atoms with Gasteiger partial charge in [-0.3, -0.25) is 19.5 Å². The Hall–Kier alpha value is -3.01. The molecule has 10 heteroatoms. The summed E-state index contributed by atoms with van der Waals surface area (Å²) < 4.78 is 33.0. The Labute approximate surface area is 174 Å². The minimum Gasteiger partial charge on any atom is -0.491 e. The molecule has 0 radical (unpaired) electrons. The number of pyridine rings is 1. The Morgan fingerprint density at radius 2 is 2.07 bits per heavy atom. The minimum absolute atomic E-state index is 0.00671. The van der Waals surface area contributed by atoms with Gasteiger partial charge in [-0.1, -0.05) is 13.8 Å². The second-order valence-electron chi connectivity index (χ2n) is 7.74. The molecule has 0 aliphatic carbocycles. The maximum Gasteiger partial charge on any atom is 0.247 e. The summed E-state index contributed by atoms with van der Waals surface area (Å²) in [5, 5.41) is 11.2. The number of carbonyl (C=O) groups excluding carboxylic acids is 2. The van der Waals surface area contributed by atoms with Crippen molar-refractivity contribution >= 4 is 37.1 Å². The van der Waals surface area contributed by atoms with Crippen LogP contribution in [0.1, 0.15) is 20.3 Å². The molecule has 30 heavy (non-hydrogen) atoms. The van der Waals surface area contributed by atoms with Crippen molar-refractivity contribution in [3.63, 3.8) is 0 Å². The minimum atomic E-state index is -1.56. The molecule has 1 aliphatic heterocycles. The first-order valence-electron chi connectivity index (χ1n) is 9.25. The Kier molecular flexibility index (Phi) is 5.80. The zero-order chi connectivity index (χ0) is 22.2. The number of ether oxygens (including phenoxy) is 1. The maximum atomic E-state index is 14.3. The van der Waals surface area contributed by atoms with Crippen LogP contribution in [0.5, 0.6) is 5.75 Å². The number of nitrogens with zero attached hydrogens (tertiary/aromatic N) is 2. The van der Waals surface area contributed by atoms with E-state index in [1.54, 1.807) is 32.5 Å². The number of aromatic nitrogens is 1. The lowest BCUT2D eigenvalue weighted by Crippen LogP contribution is -2.42. The first-order chi connectivity index (χ1) is 14.1. The topological polar surface area (TPSA) is 95.4 Å². The van der Waals surface area contributed by atoms with Crippen molar-refractivity contribution < 1.29 is 23.1 Å². The molecule has 1 atom stereocenters. The van der Waals surface area contributed by atoms with Crippen molar-refractivity contribution in [2.45, 2.75) is 32.9 Å². The van der Waals surface area contributed by atoms with E-state index >= 15 is 0 Å². The van der Waals surface area contributed by atoms with E-state index in [2.05, 4.69) is 10.3 Å². The second kappa shape index (κ2) is 8.02. The van der Waals surface area contributed by atoms with Gasteiger partial charge < -0.3 is 15.1 Å². The van der Waals surface area contributed by atoms with Crippen molar-refractivity contribution in [3.8, 4) is 5.75 Å². The molecule has 2 aromatic rings. The standard InChI is InChI=1S/C20H22F2N4O3Si/c1-20(2)10-14(18(27)25-11-7-8-24-15(9-11)30(4)23)26(19(20)28)13-6-5-12(21)16(22)17(13)29-3/h5-9,14,23H,10H2,1-4H3,(H,24,25,27). The second-order valence-corrected chi connectivity index (χ2v) is 9.50. The molecule has 1 aromatic carbocycles. The highest BCUT2D eigenvalue weighted by Gasteiger charge is 2.50. The van der Waals surface area contributed by atoms with Gasteiger partial charge in [-0.2, -0.15) is 4.39 Å². The Morgan fingerprint density at radius 1 is 1.37 bits per heavy atom. The van der Waals surface area contributed by atoms with Gasteiger partial charge in [0.2, 0.25) is 17.6 Å². The number of rotatable bonds is 5. The summed E-state index contributed by atoms with van der Waals surface area (Å²) in [7, 11) is -0.384. The zero-order valence-corrected chi connectivity index (χ0v) is 18.0. The smallest absolute Gasteiger partial charge is 0.247 e. The van der Waals surface area contributed by atoms with Crippen molar-refractivity contribution in [2.24, 2.45) is 5.41 Å². The molecule has 0 spiro atoms. The molecule has 0 saturated carbocycles. The normalized spacial score (nSPS) is 17.7. The van der Waals surface area contributed by atoms with Crippen LogP contribution in [-0.2, 0) is 9.59 Å². The van der Waals surface area contributed by atoms with Crippen LogP contribution in [0.4, 0.5) is 20.2 Å². The predicted octanol–water partition coefficient (Wildman–Crippen LogP) is 2.81. The van der Waals surface area contributed by atoms with Gasteiger partial charge in [0.15, 0.2) is 20.2 Å². The van der Waals surface area contributed by atoms with Gasteiger partial charge >= 0.3 is 0 Å². The predicted molar refractivity (Wildman–Crippen MR) is 109 cm³/mol. The van der Waals surface area contributed by atoms with E-state index in [9.17, 15) is 18.4 Å². The summed E-state index contributed by atoms with van der Waals surface area (Å²) >= 11 is 0. The van der Waals surface area contributed by atoms with E-state index in [0.29, 0.717) is 11.0 Å². The number of hydrogen-bond acceptors (Lipinski definition) is 5. The van der Waals surface area contributed by atoms with E-state index in [-0.39, 0.29) is 12.1 Å². The lowest BCUT2D eigenvalue weighted by molar-refractivity contribution is -0.124. The van der Waals surface area contributed by atoms with Crippen molar-refractivity contribution in [1.82, 2.24) is 4.98 Å². The molecule has 2 amide bonds. The van der Waals surface area contributed by atoms with E-state index in [1.165, 1.54) is 19.4 Å². The number of anilines is 2. The summed E-state index contributed by atoms with van der Waals surface area (Å²) in [6.07, 6.45) is 1.69. The largest absolute Gasteiger partial charge is 0.491 e. The quantitative estimate of drug-likeness (QED) is 0.711. The van der Waals surface area contributed by atoms with E-state index in [4.69, 9.17) is 9.79 Å². The molecule has 2 heterocycles. The Balaban J connectivity index is 2.00. The monoisotopic (exact) mass is 432 g/mol. The van der Waals surface area contributed by atoms with Gasteiger partial charge in [0.25, 0.3) is 0 Å². The summed E-state index contributed by atoms with van der Waals surface area (Å²) in [5.74, 6) is -3.64. The van der Waals surface area contributed by atoms with E-state index < -0.39 is 49.2 Å². The van der Waals surface area contributed by atoms with Crippen LogP contribution in [0.25, 0.3) is 0 Å². The molecule has 3 rings (SSSR count). The molecule has 1 aromatic heterocycles. The average Bonchev–Trinajstić information content (AvgIpc) is 2.93. The Morgan fingerprint density at radius 3 is 2.70 bits per heavy atom. The van der Waals surface area contributed by atoms with E-state index in [0.717, 1.165) is 11.0 Å². The van der Waals surface area contributed by atoms with Gasteiger partial charge in [0.1, 0.15) is 6.04 Å². The summed E-state index contributed by atoms with van der Waals surface area (Å²) in [6.45, 7) is 5.14. The first-order valence-corrected chi connectivity index (χ1v) is 11.2. The Bertz CT molecular complexity index is 1040. The fourth-order valence-corrected chi connectivity index (χ4v) is 4.10. The number of amides is 2. The van der Waals surface area contributed by atoms with Crippen molar-refractivity contribution in [1.29, 1.82) is 5.05 Å². The summed E-state index contributed by atoms with van der Waals surface area (Å²) in [5.41, 5.74) is -0.439. The molecular formula is C20H22F2N4O3Si. The fraction of sp³-hybridized carbons (Fsp3) is 0.350. The van der Waals surface area contributed by atoms with Crippen LogP contribution in [0.3, 0.4) is 0 Å². The van der Waals surface area contributed by atoms with Gasteiger partial charge in [-0.05, 0) is 37.2 Å². The zero-order valence-electron chi connectivity index (χ0n) is 17.0. The average molecular weight is 433 g/mol. The highest BCUT2D eigenvalue weighted by atomic mass is 28.2. The lowest BCUT2D eigenvalue weighted by Gasteiger charge is -2.26. The van der Waals surface area contributed by atoms with Crippen LogP contribution in [0.15, 0.2) is 30.5 Å². The molecule has 158 valence electrons. The third kappa shape index (κ3) is 3.87. The molecule has 1 unspecified atom stereocenters. The van der Waals surface area contributed by atoms with Crippen molar-refractivity contribution in [3.05, 3.63) is 42.1 Å². The molecule has 7 nitrogen and oxygen atoms in total. The first kappa shape index (κ1) is 21.7. The number of carbonyl (C=O) groups is 2. The van der Waals surface area contributed by atoms with E-state index in [1.807, 2.05) is 0 Å². The third-order valence-corrected chi connectivity index (χ3v) is 6.06. The van der Waals surface area contributed by atoms with Crippen LogP contribution < -0.4 is 20.3 Å². The highest BCUT2D eigenvalue weighted by molar-refractivity contribution is 6.58. The number of methoxy groups -OCH3 is 1. The van der Waals surface area contributed by atoms with Gasteiger partial charge in [-0.25, -0.2) is 4.39 Å². The molecular weight excluding hydrogens is 410 g/mol. The maximum absolute atomic E-state index is 14.3.